The number of carbonyl (C=O) groups is 1. The van der Waals surface area contributed by atoms with Gasteiger partial charge in [-0.1, -0.05) is 36.4 Å². The van der Waals surface area contributed by atoms with Crippen molar-refractivity contribution in [3.8, 4) is 0 Å². The van der Waals surface area contributed by atoms with Gasteiger partial charge in [-0.15, -0.1) is 10.2 Å². The summed E-state index contributed by atoms with van der Waals surface area (Å²) in [6.07, 6.45) is 2.11. The molecule has 2 N–H and O–H groups in total. The maximum absolute atomic E-state index is 13.3. The Kier molecular flexibility index (Phi) is 7.07. The van der Waals surface area contributed by atoms with Gasteiger partial charge in [0.2, 0.25) is 16.9 Å². The highest BCUT2D eigenvalue weighted by molar-refractivity contribution is 8.01. The monoisotopic (exact) mass is 385 g/mol. The molecule has 0 unspecified atom stereocenters. The Morgan fingerprint density at radius 1 is 1.44 bits per heavy atom. The number of benzene rings is 1. The van der Waals surface area contributed by atoms with Crippen LogP contribution in [0.5, 0.6) is 0 Å². The number of halogens is 1. The van der Waals surface area contributed by atoms with Crippen molar-refractivity contribution in [2.24, 2.45) is 0 Å². The summed E-state index contributed by atoms with van der Waals surface area (Å²) in [4.78, 5) is 21.8. The summed E-state index contributed by atoms with van der Waals surface area (Å²) in [6.45, 7) is 2.91. The number of nitro benzene ring substituents is 1. The molecule has 0 spiro atoms. The fourth-order valence-electron chi connectivity index (χ4n) is 1.77. The van der Waals surface area contributed by atoms with Crippen LogP contribution in [0.25, 0.3) is 0 Å². The van der Waals surface area contributed by atoms with E-state index in [0.29, 0.717) is 9.47 Å². The second kappa shape index (κ2) is 9.28. The molecule has 1 heterocycles. The molecule has 0 aliphatic rings. The van der Waals surface area contributed by atoms with Gasteiger partial charge in [-0.3, -0.25) is 14.9 Å². The third-order valence-corrected chi connectivity index (χ3v) is 4.98. The van der Waals surface area contributed by atoms with Crippen LogP contribution in [0.3, 0.4) is 0 Å². The molecule has 8 nitrogen and oxygen atoms in total. The lowest BCUT2D eigenvalue weighted by molar-refractivity contribution is -0.387. The first kappa shape index (κ1) is 19.1. The molecule has 2 aromatic rings. The third kappa shape index (κ3) is 5.94. The summed E-state index contributed by atoms with van der Waals surface area (Å²) >= 11 is 2.56. The van der Waals surface area contributed by atoms with E-state index in [1.165, 1.54) is 29.2 Å². The number of carbonyl (C=O) groups excluding carboxylic acids is 1. The molecule has 0 aliphatic carbocycles. The van der Waals surface area contributed by atoms with Crippen molar-refractivity contribution < 1.29 is 14.1 Å². The topological polar surface area (TPSA) is 110 Å². The normalized spacial score (nSPS) is 10.5. The smallest absolute Gasteiger partial charge is 0.306 e. The van der Waals surface area contributed by atoms with Gasteiger partial charge in [-0.2, -0.15) is 4.39 Å². The van der Waals surface area contributed by atoms with Gasteiger partial charge < -0.3 is 10.6 Å². The number of amides is 1. The van der Waals surface area contributed by atoms with Crippen LogP contribution in [0.2, 0.25) is 0 Å². The minimum absolute atomic E-state index is 0.0643. The Morgan fingerprint density at radius 3 is 2.96 bits per heavy atom. The number of rotatable bonds is 9. The number of hydrogen-bond donors (Lipinski definition) is 2. The number of nitro groups is 1. The van der Waals surface area contributed by atoms with Crippen LogP contribution in [-0.4, -0.2) is 33.3 Å². The Balaban J connectivity index is 1.85. The molecular weight excluding hydrogens is 369 g/mol. The first-order valence-corrected chi connectivity index (χ1v) is 9.23. The second-order valence-corrected chi connectivity index (χ2v) is 7.11. The number of nitrogens with zero attached hydrogens (tertiary/aromatic N) is 3. The molecule has 1 aromatic heterocycles. The van der Waals surface area contributed by atoms with Crippen molar-refractivity contribution in [1.82, 2.24) is 10.2 Å². The van der Waals surface area contributed by atoms with Crippen molar-refractivity contribution in [1.29, 1.82) is 0 Å². The average Bonchev–Trinajstić information content (AvgIpc) is 3.03. The van der Waals surface area contributed by atoms with Gasteiger partial charge in [0.05, 0.1) is 10.7 Å². The third-order valence-electron chi connectivity index (χ3n) is 2.97. The highest BCUT2D eigenvalue weighted by atomic mass is 32.2. The maximum atomic E-state index is 13.3. The molecule has 0 saturated heterocycles. The summed E-state index contributed by atoms with van der Waals surface area (Å²) in [5, 5.41) is 25.0. The predicted molar refractivity (Wildman–Crippen MR) is 95.7 cm³/mol. The van der Waals surface area contributed by atoms with Gasteiger partial charge in [0.1, 0.15) is 0 Å². The number of nitrogens with one attached hydrogen (secondary N) is 2. The van der Waals surface area contributed by atoms with Crippen molar-refractivity contribution in [3.05, 3.63) is 34.1 Å². The van der Waals surface area contributed by atoms with Crippen LogP contribution in [0.1, 0.15) is 19.8 Å². The minimum atomic E-state index is -0.950. The summed E-state index contributed by atoms with van der Waals surface area (Å²) < 4.78 is 13.9. The molecule has 1 amide bonds. The standard InChI is InChI=1S/C14H16FN5O3S2/c1-2-3-6-16-13-18-19-14(25-13)24-8-12(21)17-9-4-5-10(15)11(7-9)20(22)23/h4-5,7H,2-3,6,8H2,1H3,(H,16,18)(H,17,21). The molecule has 25 heavy (non-hydrogen) atoms. The van der Waals surface area contributed by atoms with Crippen LogP contribution in [0.4, 0.5) is 20.9 Å². The lowest BCUT2D eigenvalue weighted by atomic mass is 10.2. The van der Waals surface area contributed by atoms with E-state index in [0.717, 1.165) is 31.5 Å². The largest absolute Gasteiger partial charge is 0.360 e. The Bertz CT molecular complexity index is 756. The molecule has 1 aromatic carbocycles. The van der Waals surface area contributed by atoms with Gasteiger partial charge in [0, 0.05) is 18.3 Å². The minimum Gasteiger partial charge on any atom is -0.360 e. The quantitative estimate of drug-likeness (QED) is 0.294. The van der Waals surface area contributed by atoms with E-state index in [-0.39, 0.29) is 17.3 Å². The maximum Gasteiger partial charge on any atom is 0.306 e. The van der Waals surface area contributed by atoms with Crippen LogP contribution in [0.15, 0.2) is 22.5 Å². The zero-order chi connectivity index (χ0) is 18.2. The zero-order valence-electron chi connectivity index (χ0n) is 13.3. The molecule has 0 atom stereocenters. The summed E-state index contributed by atoms with van der Waals surface area (Å²) in [6, 6.07) is 3.20. The van der Waals surface area contributed by atoms with Crippen molar-refractivity contribution >= 4 is 45.5 Å². The van der Waals surface area contributed by atoms with E-state index in [1.807, 2.05) is 0 Å². The summed E-state index contributed by atoms with van der Waals surface area (Å²) in [5.41, 5.74) is -0.518. The van der Waals surface area contributed by atoms with Gasteiger partial charge in [-0.05, 0) is 18.6 Å². The van der Waals surface area contributed by atoms with Gasteiger partial charge in [0.25, 0.3) is 0 Å². The number of aromatic nitrogens is 2. The highest BCUT2D eigenvalue weighted by Gasteiger charge is 2.15. The Hall–Kier alpha value is -2.27. The van der Waals surface area contributed by atoms with Crippen molar-refractivity contribution in [2.45, 2.75) is 24.1 Å². The van der Waals surface area contributed by atoms with E-state index in [2.05, 4.69) is 27.8 Å². The van der Waals surface area contributed by atoms with E-state index in [1.54, 1.807) is 0 Å². The van der Waals surface area contributed by atoms with Crippen molar-refractivity contribution in [3.63, 3.8) is 0 Å². The molecule has 0 saturated carbocycles. The number of unbranched alkanes of at least 4 members (excludes halogenated alkanes) is 1. The summed E-state index contributed by atoms with van der Waals surface area (Å²) in [5.74, 6) is -1.26. The lowest BCUT2D eigenvalue weighted by Gasteiger charge is -2.04. The first-order valence-electron chi connectivity index (χ1n) is 7.43. The molecule has 134 valence electrons. The second-order valence-electron chi connectivity index (χ2n) is 4.91. The molecule has 2 rings (SSSR count). The fraction of sp³-hybridized carbons (Fsp3) is 0.357. The van der Waals surface area contributed by atoms with Crippen LogP contribution >= 0.6 is 23.1 Å². The first-order chi connectivity index (χ1) is 12.0. The summed E-state index contributed by atoms with van der Waals surface area (Å²) in [7, 11) is 0. The SMILES string of the molecule is CCCCNc1nnc(SCC(=O)Nc2ccc(F)c([N+](=O)[O-])c2)s1. The molecule has 11 heteroatoms. The number of anilines is 2. The van der Waals surface area contributed by atoms with Crippen LogP contribution in [0, 0.1) is 15.9 Å². The Labute approximate surface area is 151 Å². The van der Waals surface area contributed by atoms with Gasteiger partial charge in [0.15, 0.2) is 4.34 Å². The van der Waals surface area contributed by atoms with Crippen LogP contribution in [-0.2, 0) is 4.79 Å². The van der Waals surface area contributed by atoms with E-state index in [9.17, 15) is 19.3 Å². The van der Waals surface area contributed by atoms with Crippen LogP contribution < -0.4 is 10.6 Å². The molecule has 0 radical (unpaired) electrons. The van der Waals surface area contributed by atoms with Crippen molar-refractivity contribution in [2.75, 3.05) is 22.9 Å². The average molecular weight is 385 g/mol. The molecule has 0 fully saturated rings. The lowest BCUT2D eigenvalue weighted by Crippen LogP contribution is -2.14. The number of thioether (sulfide) groups is 1. The molecular formula is C14H16FN5O3S2. The fourth-order valence-corrected chi connectivity index (χ4v) is 3.34. The van der Waals surface area contributed by atoms with E-state index >= 15 is 0 Å². The molecule has 0 aliphatic heterocycles. The van der Waals surface area contributed by atoms with E-state index in [4.69, 9.17) is 0 Å². The van der Waals surface area contributed by atoms with Gasteiger partial charge in [-0.25, -0.2) is 0 Å². The Morgan fingerprint density at radius 2 is 2.24 bits per heavy atom. The highest BCUT2D eigenvalue weighted by Crippen LogP contribution is 2.26. The zero-order valence-corrected chi connectivity index (χ0v) is 15.0. The van der Waals surface area contributed by atoms with Gasteiger partial charge >= 0.3 is 5.69 Å². The predicted octanol–water partition coefficient (Wildman–Crippen LogP) is 3.53. The van der Waals surface area contributed by atoms with E-state index < -0.39 is 16.4 Å². The molecule has 0 bridgehead atoms. The number of hydrogen-bond acceptors (Lipinski definition) is 8.